The van der Waals surface area contributed by atoms with Crippen LogP contribution in [0.4, 0.5) is 0 Å². The van der Waals surface area contributed by atoms with Gasteiger partial charge in [-0.3, -0.25) is 9.89 Å². The molecule has 0 amide bonds. The standard InChI is InChI=1S/C18H34N4O.HI/c1-2-19-18(20-10-12-23-14-15-7-8-15)21-16-9-11-22(13-16)17-5-3-4-6-17;/h15-17H,2-14H2,1H3,(H2,19,20,21);1H. The normalized spacial score (nSPS) is 25.7. The van der Waals surface area contributed by atoms with Crippen molar-refractivity contribution in [2.24, 2.45) is 10.9 Å². The van der Waals surface area contributed by atoms with Gasteiger partial charge in [-0.05, 0) is 44.9 Å². The number of likely N-dealkylation sites (tertiary alicyclic amines) is 1. The minimum atomic E-state index is 0. The zero-order valence-corrected chi connectivity index (χ0v) is 17.5. The van der Waals surface area contributed by atoms with E-state index in [1.165, 1.54) is 58.0 Å². The van der Waals surface area contributed by atoms with Gasteiger partial charge in [-0.25, -0.2) is 0 Å². The van der Waals surface area contributed by atoms with E-state index in [4.69, 9.17) is 4.74 Å². The monoisotopic (exact) mass is 450 g/mol. The summed E-state index contributed by atoms with van der Waals surface area (Å²) in [6, 6.07) is 1.39. The molecule has 140 valence electrons. The molecule has 3 aliphatic rings. The van der Waals surface area contributed by atoms with Crippen LogP contribution >= 0.6 is 24.0 Å². The lowest BCUT2D eigenvalue weighted by Crippen LogP contribution is -2.45. The Bertz CT molecular complexity index is 383. The lowest BCUT2D eigenvalue weighted by Gasteiger charge is -2.24. The Balaban J connectivity index is 0.00000208. The summed E-state index contributed by atoms with van der Waals surface area (Å²) in [6.07, 6.45) is 9.59. The van der Waals surface area contributed by atoms with Crippen molar-refractivity contribution < 1.29 is 4.74 Å². The van der Waals surface area contributed by atoms with Gasteiger partial charge in [0.25, 0.3) is 0 Å². The smallest absolute Gasteiger partial charge is 0.191 e. The second-order valence-electron chi connectivity index (χ2n) is 7.34. The number of nitrogens with one attached hydrogen (secondary N) is 2. The van der Waals surface area contributed by atoms with Crippen molar-refractivity contribution in [3.63, 3.8) is 0 Å². The topological polar surface area (TPSA) is 48.9 Å². The third-order valence-corrected chi connectivity index (χ3v) is 5.30. The maximum Gasteiger partial charge on any atom is 0.191 e. The summed E-state index contributed by atoms with van der Waals surface area (Å²) in [6.45, 7) is 7.87. The van der Waals surface area contributed by atoms with Crippen molar-refractivity contribution in [3.05, 3.63) is 0 Å². The number of rotatable bonds is 8. The van der Waals surface area contributed by atoms with E-state index in [1.54, 1.807) is 0 Å². The molecule has 0 spiro atoms. The number of halogens is 1. The molecular formula is C18H35IN4O. The summed E-state index contributed by atoms with van der Waals surface area (Å²) in [7, 11) is 0. The second-order valence-corrected chi connectivity index (χ2v) is 7.34. The molecule has 1 saturated heterocycles. The molecule has 2 aliphatic carbocycles. The van der Waals surface area contributed by atoms with E-state index < -0.39 is 0 Å². The van der Waals surface area contributed by atoms with Crippen molar-refractivity contribution >= 4 is 29.9 Å². The summed E-state index contributed by atoms with van der Waals surface area (Å²) < 4.78 is 5.67. The Morgan fingerprint density at radius 3 is 2.67 bits per heavy atom. The fraction of sp³-hybridized carbons (Fsp3) is 0.944. The fourth-order valence-corrected chi connectivity index (χ4v) is 3.78. The van der Waals surface area contributed by atoms with Gasteiger partial charge in [0.2, 0.25) is 0 Å². The van der Waals surface area contributed by atoms with E-state index >= 15 is 0 Å². The Labute approximate surface area is 164 Å². The first-order valence-electron chi connectivity index (χ1n) is 9.71. The van der Waals surface area contributed by atoms with Crippen LogP contribution in [0.1, 0.15) is 51.9 Å². The van der Waals surface area contributed by atoms with Crippen LogP contribution in [0.2, 0.25) is 0 Å². The summed E-state index contributed by atoms with van der Waals surface area (Å²) in [5, 5.41) is 6.99. The second kappa shape index (κ2) is 10.8. The van der Waals surface area contributed by atoms with Gasteiger partial charge in [0.05, 0.1) is 13.2 Å². The van der Waals surface area contributed by atoms with Crippen molar-refractivity contribution in [3.8, 4) is 0 Å². The predicted molar refractivity (Wildman–Crippen MR) is 110 cm³/mol. The van der Waals surface area contributed by atoms with Gasteiger partial charge in [-0.15, -0.1) is 24.0 Å². The molecule has 6 heteroatoms. The van der Waals surface area contributed by atoms with E-state index in [1.807, 2.05) is 0 Å². The molecule has 0 radical (unpaired) electrons. The molecule has 1 heterocycles. The minimum absolute atomic E-state index is 0. The maximum atomic E-state index is 5.67. The largest absolute Gasteiger partial charge is 0.379 e. The highest BCUT2D eigenvalue weighted by atomic mass is 127. The van der Waals surface area contributed by atoms with E-state index in [-0.39, 0.29) is 24.0 Å². The number of guanidine groups is 1. The quantitative estimate of drug-likeness (QED) is 0.258. The molecule has 5 nitrogen and oxygen atoms in total. The first kappa shape index (κ1) is 20.2. The number of hydrogen-bond donors (Lipinski definition) is 2. The highest BCUT2D eigenvalue weighted by molar-refractivity contribution is 14.0. The Morgan fingerprint density at radius 1 is 1.17 bits per heavy atom. The molecule has 2 N–H and O–H groups in total. The summed E-state index contributed by atoms with van der Waals surface area (Å²) in [5.74, 6) is 1.80. The SMILES string of the molecule is CCNC(=NCCOCC1CC1)NC1CCN(C2CCCC2)C1.I. The number of hydrogen-bond acceptors (Lipinski definition) is 3. The Morgan fingerprint density at radius 2 is 1.96 bits per heavy atom. The summed E-state index contributed by atoms with van der Waals surface area (Å²) >= 11 is 0. The molecule has 0 aromatic heterocycles. The lowest BCUT2D eigenvalue weighted by molar-refractivity contribution is 0.131. The predicted octanol–water partition coefficient (Wildman–Crippen LogP) is 2.60. The molecule has 3 fully saturated rings. The van der Waals surface area contributed by atoms with E-state index in [0.29, 0.717) is 6.04 Å². The van der Waals surface area contributed by atoms with Gasteiger partial charge in [0, 0.05) is 38.3 Å². The van der Waals surface area contributed by atoms with Crippen molar-refractivity contribution in [1.82, 2.24) is 15.5 Å². The summed E-state index contributed by atoms with van der Waals surface area (Å²) in [4.78, 5) is 7.36. The molecule has 2 saturated carbocycles. The molecule has 0 aromatic carbocycles. The summed E-state index contributed by atoms with van der Waals surface area (Å²) in [5.41, 5.74) is 0. The minimum Gasteiger partial charge on any atom is -0.379 e. The van der Waals surface area contributed by atoms with Crippen LogP contribution in [0.15, 0.2) is 4.99 Å². The van der Waals surface area contributed by atoms with Gasteiger partial charge < -0.3 is 15.4 Å². The number of aliphatic imine (C=N–C) groups is 1. The number of nitrogens with zero attached hydrogens (tertiary/aromatic N) is 2. The third-order valence-electron chi connectivity index (χ3n) is 5.30. The third kappa shape index (κ3) is 6.67. The van der Waals surface area contributed by atoms with Crippen molar-refractivity contribution in [1.29, 1.82) is 0 Å². The van der Waals surface area contributed by atoms with Gasteiger partial charge >= 0.3 is 0 Å². The fourth-order valence-electron chi connectivity index (χ4n) is 3.78. The maximum absolute atomic E-state index is 5.67. The molecule has 24 heavy (non-hydrogen) atoms. The van der Waals surface area contributed by atoms with E-state index in [9.17, 15) is 0 Å². The lowest BCUT2D eigenvalue weighted by atomic mass is 10.2. The van der Waals surface area contributed by atoms with Crippen LogP contribution in [-0.2, 0) is 4.74 Å². The van der Waals surface area contributed by atoms with Crippen LogP contribution in [0.25, 0.3) is 0 Å². The Hall–Kier alpha value is -0.0800. The van der Waals surface area contributed by atoms with Crippen molar-refractivity contribution in [2.45, 2.75) is 64.0 Å². The van der Waals surface area contributed by atoms with Crippen LogP contribution in [0.3, 0.4) is 0 Å². The first-order valence-corrected chi connectivity index (χ1v) is 9.71. The first-order chi connectivity index (χ1) is 11.3. The molecule has 1 unspecified atom stereocenters. The number of ether oxygens (including phenoxy) is 1. The highest BCUT2D eigenvalue weighted by Gasteiger charge is 2.30. The zero-order valence-electron chi connectivity index (χ0n) is 15.1. The Kier molecular flexibility index (Phi) is 9.11. The van der Waals surface area contributed by atoms with Gasteiger partial charge in [-0.2, -0.15) is 0 Å². The average Bonchev–Trinajstić information content (AvgIpc) is 3.02. The molecular weight excluding hydrogens is 415 g/mol. The molecule has 1 aliphatic heterocycles. The van der Waals surface area contributed by atoms with E-state index in [2.05, 4.69) is 27.4 Å². The molecule has 1 atom stereocenters. The van der Waals surface area contributed by atoms with Crippen LogP contribution < -0.4 is 10.6 Å². The molecule has 3 rings (SSSR count). The molecule has 0 bridgehead atoms. The zero-order chi connectivity index (χ0) is 15.9. The van der Waals surface area contributed by atoms with Crippen molar-refractivity contribution in [2.75, 3.05) is 39.4 Å². The van der Waals surface area contributed by atoms with Gasteiger partial charge in [0.1, 0.15) is 0 Å². The van der Waals surface area contributed by atoms with Crippen LogP contribution in [0, 0.1) is 5.92 Å². The van der Waals surface area contributed by atoms with Gasteiger partial charge in [-0.1, -0.05) is 12.8 Å². The molecule has 0 aromatic rings. The van der Waals surface area contributed by atoms with Crippen LogP contribution in [0.5, 0.6) is 0 Å². The van der Waals surface area contributed by atoms with Crippen LogP contribution in [-0.4, -0.2) is 62.3 Å². The average molecular weight is 450 g/mol. The van der Waals surface area contributed by atoms with E-state index in [0.717, 1.165) is 44.2 Å². The highest BCUT2D eigenvalue weighted by Crippen LogP contribution is 2.28. The van der Waals surface area contributed by atoms with Gasteiger partial charge in [0.15, 0.2) is 5.96 Å².